The van der Waals surface area contributed by atoms with Crippen LogP contribution < -0.4 is 5.73 Å². The third-order valence-corrected chi connectivity index (χ3v) is 4.55. The van der Waals surface area contributed by atoms with E-state index in [2.05, 4.69) is 10.2 Å². The van der Waals surface area contributed by atoms with Crippen molar-refractivity contribution in [2.45, 2.75) is 31.8 Å². The first-order valence-corrected chi connectivity index (χ1v) is 7.66. The van der Waals surface area contributed by atoms with E-state index in [9.17, 15) is 18.0 Å². The van der Waals surface area contributed by atoms with Crippen LogP contribution in [0.3, 0.4) is 0 Å². The van der Waals surface area contributed by atoms with Crippen LogP contribution in [0.5, 0.6) is 0 Å². The molecule has 0 fully saturated rings. The monoisotopic (exact) mass is 318 g/mol. The summed E-state index contributed by atoms with van der Waals surface area (Å²) in [4.78, 5) is 22.8. The number of aromatic amines is 1. The van der Waals surface area contributed by atoms with Crippen molar-refractivity contribution >= 4 is 21.9 Å². The molecule has 0 spiro atoms. The van der Waals surface area contributed by atoms with Gasteiger partial charge < -0.3 is 10.5 Å². The highest BCUT2D eigenvalue weighted by molar-refractivity contribution is 7.89. The summed E-state index contributed by atoms with van der Waals surface area (Å²) >= 11 is 0. The van der Waals surface area contributed by atoms with E-state index in [4.69, 9.17) is 10.5 Å². The molecule has 21 heavy (non-hydrogen) atoms. The van der Waals surface area contributed by atoms with Crippen molar-refractivity contribution in [2.24, 2.45) is 5.73 Å². The number of esters is 1. The van der Waals surface area contributed by atoms with Crippen molar-refractivity contribution < 1.29 is 22.7 Å². The van der Waals surface area contributed by atoms with Gasteiger partial charge in [-0.05, 0) is 20.8 Å². The summed E-state index contributed by atoms with van der Waals surface area (Å²) < 4.78 is 30.7. The van der Waals surface area contributed by atoms with Gasteiger partial charge in [0.25, 0.3) is 10.0 Å². The minimum absolute atomic E-state index is 0.0959. The fourth-order valence-electron chi connectivity index (χ4n) is 1.64. The van der Waals surface area contributed by atoms with Gasteiger partial charge in [-0.1, -0.05) is 0 Å². The molecule has 9 nitrogen and oxygen atoms in total. The van der Waals surface area contributed by atoms with Gasteiger partial charge in [0.05, 0.1) is 19.3 Å². The summed E-state index contributed by atoms with van der Waals surface area (Å²) in [6.45, 7) is 4.36. The average molecular weight is 318 g/mol. The van der Waals surface area contributed by atoms with E-state index in [1.54, 1.807) is 20.8 Å². The fourth-order valence-corrected chi connectivity index (χ4v) is 3.31. The van der Waals surface area contributed by atoms with Crippen LogP contribution in [0, 0.1) is 0 Å². The number of hydrogen-bond acceptors (Lipinski definition) is 6. The maximum atomic E-state index is 12.5. The number of nitrogens with two attached hydrogens (primary N) is 1. The molecule has 0 atom stereocenters. The Kier molecular flexibility index (Phi) is 5.44. The van der Waals surface area contributed by atoms with Crippen LogP contribution in [0.25, 0.3) is 0 Å². The lowest BCUT2D eigenvalue weighted by molar-refractivity contribution is -0.118. The van der Waals surface area contributed by atoms with Gasteiger partial charge in [0, 0.05) is 6.04 Å². The van der Waals surface area contributed by atoms with Crippen molar-refractivity contribution in [1.29, 1.82) is 0 Å². The predicted molar refractivity (Wildman–Crippen MR) is 72.8 cm³/mol. The highest BCUT2D eigenvalue weighted by Crippen LogP contribution is 2.20. The molecule has 1 amide bonds. The Bertz CT molecular complexity index is 622. The van der Waals surface area contributed by atoms with Gasteiger partial charge in [0.2, 0.25) is 5.91 Å². The molecule has 1 rings (SSSR count). The van der Waals surface area contributed by atoms with Crippen molar-refractivity contribution in [3.05, 3.63) is 11.8 Å². The van der Waals surface area contributed by atoms with Crippen LogP contribution >= 0.6 is 0 Å². The number of aromatic nitrogens is 2. The van der Waals surface area contributed by atoms with Crippen LogP contribution in [0.4, 0.5) is 0 Å². The van der Waals surface area contributed by atoms with Crippen molar-refractivity contribution in [3.63, 3.8) is 0 Å². The molecule has 3 N–H and O–H groups in total. The molecule has 0 aliphatic rings. The van der Waals surface area contributed by atoms with E-state index in [0.29, 0.717) is 0 Å². The van der Waals surface area contributed by atoms with E-state index in [0.717, 1.165) is 10.5 Å². The normalized spacial score (nSPS) is 11.9. The second-order valence-electron chi connectivity index (χ2n) is 4.44. The number of carbonyl (C=O) groups is 2. The van der Waals surface area contributed by atoms with Crippen LogP contribution in [0.1, 0.15) is 31.1 Å². The number of carbonyl (C=O) groups excluding carboxylic acids is 2. The Hall–Kier alpha value is -1.94. The summed E-state index contributed by atoms with van der Waals surface area (Å²) in [6.07, 6.45) is 1.06. The van der Waals surface area contributed by atoms with Gasteiger partial charge in [-0.15, -0.1) is 0 Å². The SMILES string of the molecule is CCOC(=O)c1cn[nH]c1S(=O)(=O)N(CC(N)=O)C(C)C. The van der Waals surface area contributed by atoms with Gasteiger partial charge in [-0.2, -0.15) is 9.40 Å². The summed E-state index contributed by atoms with van der Waals surface area (Å²) in [5, 5.41) is 5.41. The number of primary amides is 1. The quantitative estimate of drug-likeness (QED) is 0.649. The molecule has 0 saturated heterocycles. The zero-order valence-electron chi connectivity index (χ0n) is 12.0. The van der Waals surface area contributed by atoms with E-state index in [1.165, 1.54) is 0 Å². The standard InChI is InChI=1S/C11H18N4O5S/c1-4-20-11(17)8-5-13-14-10(8)21(18,19)15(7(2)3)6-9(12)16/h5,7H,4,6H2,1-3H3,(H2,12,16)(H,13,14). The Labute approximate surface area is 122 Å². The molecular formula is C11H18N4O5S. The smallest absolute Gasteiger partial charge is 0.342 e. The Balaban J connectivity index is 3.27. The molecule has 0 saturated carbocycles. The van der Waals surface area contributed by atoms with E-state index in [1.807, 2.05) is 0 Å². The molecule has 1 aromatic heterocycles. The second-order valence-corrected chi connectivity index (χ2v) is 6.27. The zero-order chi connectivity index (χ0) is 16.2. The number of nitrogens with one attached hydrogen (secondary N) is 1. The lowest BCUT2D eigenvalue weighted by Crippen LogP contribution is -2.43. The third kappa shape index (κ3) is 3.79. The number of amides is 1. The summed E-state index contributed by atoms with van der Waals surface area (Å²) in [7, 11) is -4.13. The fraction of sp³-hybridized carbons (Fsp3) is 0.545. The summed E-state index contributed by atoms with van der Waals surface area (Å²) in [5.41, 5.74) is 4.85. The van der Waals surface area contributed by atoms with Crippen LogP contribution in [0.15, 0.2) is 11.2 Å². The molecule has 0 aliphatic heterocycles. The molecule has 1 heterocycles. The Morgan fingerprint density at radius 3 is 2.57 bits per heavy atom. The first kappa shape index (κ1) is 17.1. The number of sulfonamides is 1. The largest absolute Gasteiger partial charge is 0.462 e. The van der Waals surface area contributed by atoms with Crippen LogP contribution in [-0.4, -0.2) is 54.0 Å². The molecule has 0 aromatic carbocycles. The summed E-state index contributed by atoms with van der Waals surface area (Å²) in [6, 6.07) is -0.527. The van der Waals surface area contributed by atoms with Crippen LogP contribution in [0.2, 0.25) is 0 Å². The van der Waals surface area contributed by atoms with E-state index >= 15 is 0 Å². The highest BCUT2D eigenvalue weighted by atomic mass is 32.2. The zero-order valence-corrected chi connectivity index (χ0v) is 12.8. The summed E-state index contributed by atoms with van der Waals surface area (Å²) in [5.74, 6) is -1.61. The second kappa shape index (κ2) is 6.68. The average Bonchev–Trinajstić information content (AvgIpc) is 2.85. The molecule has 118 valence electrons. The first-order valence-electron chi connectivity index (χ1n) is 6.22. The Morgan fingerprint density at radius 2 is 2.10 bits per heavy atom. The maximum Gasteiger partial charge on any atom is 0.342 e. The van der Waals surface area contributed by atoms with E-state index < -0.39 is 39.5 Å². The van der Waals surface area contributed by atoms with Gasteiger partial charge >= 0.3 is 5.97 Å². The minimum Gasteiger partial charge on any atom is -0.462 e. The molecule has 0 radical (unpaired) electrons. The van der Waals surface area contributed by atoms with Gasteiger partial charge in [-0.25, -0.2) is 13.2 Å². The first-order chi connectivity index (χ1) is 9.71. The lowest BCUT2D eigenvalue weighted by Gasteiger charge is -2.23. The molecule has 10 heteroatoms. The van der Waals surface area contributed by atoms with E-state index in [-0.39, 0.29) is 12.2 Å². The molecular weight excluding hydrogens is 300 g/mol. The minimum atomic E-state index is -4.13. The lowest BCUT2D eigenvalue weighted by atomic mass is 10.4. The molecule has 0 unspecified atom stereocenters. The van der Waals surface area contributed by atoms with Gasteiger partial charge in [0.15, 0.2) is 5.03 Å². The van der Waals surface area contributed by atoms with Gasteiger partial charge in [-0.3, -0.25) is 9.89 Å². The van der Waals surface area contributed by atoms with Crippen molar-refractivity contribution in [1.82, 2.24) is 14.5 Å². The highest BCUT2D eigenvalue weighted by Gasteiger charge is 2.34. The molecule has 1 aromatic rings. The predicted octanol–water partition coefficient (Wildman–Crippen LogP) is -0.529. The van der Waals surface area contributed by atoms with Crippen LogP contribution in [-0.2, 0) is 19.6 Å². The van der Waals surface area contributed by atoms with Crippen molar-refractivity contribution in [2.75, 3.05) is 13.2 Å². The maximum absolute atomic E-state index is 12.5. The number of nitrogens with zero attached hydrogens (tertiary/aromatic N) is 2. The number of ether oxygens (including phenoxy) is 1. The molecule has 0 aliphatic carbocycles. The Morgan fingerprint density at radius 1 is 1.48 bits per heavy atom. The third-order valence-electron chi connectivity index (χ3n) is 2.55. The number of H-pyrrole nitrogens is 1. The number of rotatable bonds is 7. The van der Waals surface area contributed by atoms with Crippen molar-refractivity contribution in [3.8, 4) is 0 Å². The number of hydrogen-bond donors (Lipinski definition) is 2. The molecule has 0 bridgehead atoms. The topological polar surface area (TPSA) is 135 Å². The van der Waals surface area contributed by atoms with Gasteiger partial charge in [0.1, 0.15) is 5.56 Å².